The molecule has 0 aromatic heterocycles. The average Bonchev–Trinajstić information content (AvgIpc) is 2.18. The van der Waals surface area contributed by atoms with Crippen LogP contribution in [0.3, 0.4) is 0 Å². The molecule has 0 spiro atoms. The molecular formula is C12H14BrFO3. The van der Waals surface area contributed by atoms with Gasteiger partial charge in [-0.25, -0.2) is 4.39 Å². The summed E-state index contributed by atoms with van der Waals surface area (Å²) in [5, 5.41) is 8.81. The largest absolute Gasteiger partial charge is 0.495 e. The number of hydrogen-bond donors (Lipinski definition) is 1. The Morgan fingerprint density at radius 2 is 2.12 bits per heavy atom. The molecule has 17 heavy (non-hydrogen) atoms. The van der Waals surface area contributed by atoms with E-state index in [2.05, 4.69) is 15.9 Å². The zero-order valence-corrected chi connectivity index (χ0v) is 11.5. The van der Waals surface area contributed by atoms with Gasteiger partial charge < -0.3 is 9.84 Å². The van der Waals surface area contributed by atoms with Crippen molar-refractivity contribution < 1.29 is 19.0 Å². The van der Waals surface area contributed by atoms with Crippen molar-refractivity contribution in [3.63, 3.8) is 0 Å². The lowest BCUT2D eigenvalue weighted by Gasteiger charge is -2.24. The van der Waals surface area contributed by atoms with Crippen molar-refractivity contribution in [2.24, 2.45) is 0 Å². The van der Waals surface area contributed by atoms with E-state index in [4.69, 9.17) is 9.84 Å². The molecule has 5 heteroatoms. The lowest BCUT2D eigenvalue weighted by molar-refractivity contribution is -0.138. The van der Waals surface area contributed by atoms with Crippen LogP contribution in [0.1, 0.15) is 25.8 Å². The molecule has 1 rings (SSSR count). The molecule has 0 aliphatic heterocycles. The Labute approximate surface area is 108 Å². The Morgan fingerprint density at radius 3 is 2.59 bits per heavy atom. The smallest absolute Gasteiger partial charge is 0.304 e. The van der Waals surface area contributed by atoms with Gasteiger partial charge in [-0.05, 0) is 27.6 Å². The topological polar surface area (TPSA) is 46.5 Å². The minimum atomic E-state index is -0.957. The molecule has 1 aromatic rings. The number of benzene rings is 1. The van der Waals surface area contributed by atoms with E-state index in [-0.39, 0.29) is 6.42 Å². The molecule has 0 unspecified atom stereocenters. The van der Waals surface area contributed by atoms with Crippen molar-refractivity contribution in [2.75, 3.05) is 7.11 Å². The molecule has 0 aliphatic carbocycles. The maximum Gasteiger partial charge on any atom is 0.304 e. The summed E-state index contributed by atoms with van der Waals surface area (Å²) in [4.78, 5) is 10.7. The Hall–Kier alpha value is -1.10. The second-order valence-corrected chi connectivity index (χ2v) is 5.28. The lowest BCUT2D eigenvalue weighted by Crippen LogP contribution is -2.23. The van der Waals surface area contributed by atoms with Crippen LogP contribution in [-0.4, -0.2) is 18.2 Å². The molecule has 0 saturated heterocycles. The number of carboxylic acids is 1. The zero-order valence-electron chi connectivity index (χ0n) is 9.88. The molecule has 0 aliphatic rings. The molecule has 0 atom stereocenters. The normalized spacial score (nSPS) is 11.4. The number of halogens is 2. The van der Waals surface area contributed by atoms with Crippen molar-refractivity contribution in [3.8, 4) is 5.75 Å². The fraction of sp³-hybridized carbons (Fsp3) is 0.417. The number of aliphatic carboxylic acids is 1. The number of carboxylic acid groups (broad SMARTS) is 1. The number of hydrogen-bond acceptors (Lipinski definition) is 2. The summed E-state index contributed by atoms with van der Waals surface area (Å²) in [5.74, 6) is -1.03. The lowest BCUT2D eigenvalue weighted by atomic mass is 9.81. The Morgan fingerprint density at radius 1 is 1.53 bits per heavy atom. The van der Waals surface area contributed by atoms with E-state index in [0.717, 1.165) is 0 Å². The summed E-state index contributed by atoms with van der Waals surface area (Å²) in [5.41, 5.74) is -0.419. The molecule has 0 saturated carbocycles. The molecule has 0 radical (unpaired) electrons. The predicted molar refractivity (Wildman–Crippen MR) is 65.9 cm³/mol. The van der Waals surface area contributed by atoms with Gasteiger partial charge in [0.2, 0.25) is 0 Å². The summed E-state index contributed by atoms with van der Waals surface area (Å²) < 4.78 is 19.4. The van der Waals surface area contributed by atoms with Crippen molar-refractivity contribution in [1.82, 2.24) is 0 Å². The van der Waals surface area contributed by atoms with Crippen LogP contribution in [0.2, 0.25) is 0 Å². The highest BCUT2D eigenvalue weighted by molar-refractivity contribution is 9.10. The van der Waals surface area contributed by atoms with Crippen LogP contribution in [-0.2, 0) is 10.2 Å². The summed E-state index contributed by atoms with van der Waals surface area (Å²) in [6.45, 7) is 3.39. The van der Waals surface area contributed by atoms with Crippen LogP contribution in [0.4, 0.5) is 4.39 Å². The number of ether oxygens (including phenoxy) is 1. The maximum absolute atomic E-state index is 13.9. The summed E-state index contributed by atoms with van der Waals surface area (Å²) >= 11 is 3.26. The van der Waals surface area contributed by atoms with Gasteiger partial charge in [-0.3, -0.25) is 4.79 Å². The van der Waals surface area contributed by atoms with E-state index in [9.17, 15) is 9.18 Å². The molecule has 0 fully saturated rings. The summed E-state index contributed by atoms with van der Waals surface area (Å²) in [6, 6.07) is 2.82. The first-order valence-corrected chi connectivity index (χ1v) is 5.82. The third-order valence-electron chi connectivity index (χ3n) is 2.56. The highest BCUT2D eigenvalue weighted by atomic mass is 79.9. The van der Waals surface area contributed by atoms with Crippen molar-refractivity contribution in [2.45, 2.75) is 25.7 Å². The molecule has 1 aromatic carbocycles. The molecule has 0 amide bonds. The standard InChI is InChI=1S/C12H14BrFO3/c1-12(2,6-11(15)16)7-4-8(13)10(17-3)5-9(7)14/h4-5H,6H2,1-3H3,(H,15,16). The third-order valence-corrected chi connectivity index (χ3v) is 3.18. The minimum absolute atomic E-state index is 0.136. The Balaban J connectivity index is 3.22. The molecule has 3 nitrogen and oxygen atoms in total. The Bertz CT molecular complexity index is 444. The number of methoxy groups -OCH3 is 1. The van der Waals surface area contributed by atoms with Crippen molar-refractivity contribution >= 4 is 21.9 Å². The van der Waals surface area contributed by atoms with Crippen LogP contribution < -0.4 is 4.74 Å². The summed E-state index contributed by atoms with van der Waals surface area (Å²) in [7, 11) is 1.45. The fourth-order valence-electron chi connectivity index (χ4n) is 1.68. The number of rotatable bonds is 4. The van der Waals surface area contributed by atoms with E-state index in [1.807, 2.05) is 0 Å². The predicted octanol–water partition coefficient (Wildman–Crippen LogP) is 3.35. The van der Waals surface area contributed by atoms with E-state index in [0.29, 0.717) is 15.8 Å². The van der Waals surface area contributed by atoms with Gasteiger partial charge in [0.05, 0.1) is 18.0 Å². The highest BCUT2D eigenvalue weighted by Gasteiger charge is 2.28. The first-order chi connectivity index (χ1) is 7.77. The van der Waals surface area contributed by atoms with Gasteiger partial charge in [0.15, 0.2) is 0 Å². The maximum atomic E-state index is 13.9. The van der Waals surface area contributed by atoms with Gasteiger partial charge in [0.1, 0.15) is 11.6 Å². The van der Waals surface area contributed by atoms with Gasteiger partial charge in [-0.1, -0.05) is 13.8 Å². The average molecular weight is 305 g/mol. The quantitative estimate of drug-likeness (QED) is 0.928. The molecular weight excluding hydrogens is 291 g/mol. The SMILES string of the molecule is COc1cc(F)c(C(C)(C)CC(=O)O)cc1Br. The van der Waals surface area contributed by atoms with E-state index in [1.54, 1.807) is 19.9 Å². The van der Waals surface area contributed by atoms with Crippen LogP contribution in [0.5, 0.6) is 5.75 Å². The second-order valence-electron chi connectivity index (χ2n) is 4.42. The number of carbonyl (C=O) groups is 1. The first-order valence-electron chi connectivity index (χ1n) is 5.03. The van der Waals surface area contributed by atoms with Crippen LogP contribution in [0.25, 0.3) is 0 Å². The molecule has 1 N–H and O–H groups in total. The van der Waals surface area contributed by atoms with Crippen LogP contribution in [0.15, 0.2) is 16.6 Å². The minimum Gasteiger partial charge on any atom is -0.495 e. The van der Waals surface area contributed by atoms with Crippen LogP contribution >= 0.6 is 15.9 Å². The van der Waals surface area contributed by atoms with Gasteiger partial charge in [0.25, 0.3) is 0 Å². The van der Waals surface area contributed by atoms with E-state index in [1.165, 1.54) is 13.2 Å². The van der Waals surface area contributed by atoms with E-state index < -0.39 is 17.2 Å². The third kappa shape index (κ3) is 3.19. The van der Waals surface area contributed by atoms with Gasteiger partial charge >= 0.3 is 5.97 Å². The monoisotopic (exact) mass is 304 g/mol. The van der Waals surface area contributed by atoms with Gasteiger partial charge in [-0.2, -0.15) is 0 Å². The first kappa shape index (κ1) is 14.0. The summed E-state index contributed by atoms with van der Waals surface area (Å²) in [6.07, 6.45) is -0.136. The molecule has 94 valence electrons. The van der Waals surface area contributed by atoms with E-state index >= 15 is 0 Å². The zero-order chi connectivity index (χ0) is 13.2. The van der Waals surface area contributed by atoms with Crippen LogP contribution in [0, 0.1) is 5.82 Å². The molecule has 0 bridgehead atoms. The van der Waals surface area contributed by atoms with Gasteiger partial charge in [-0.15, -0.1) is 0 Å². The van der Waals surface area contributed by atoms with Crippen molar-refractivity contribution in [1.29, 1.82) is 0 Å². The Kier molecular flexibility index (Phi) is 4.14. The second kappa shape index (κ2) is 5.04. The highest BCUT2D eigenvalue weighted by Crippen LogP contribution is 2.35. The molecule has 0 heterocycles. The van der Waals surface area contributed by atoms with Crippen molar-refractivity contribution in [3.05, 3.63) is 28.0 Å². The van der Waals surface area contributed by atoms with Gasteiger partial charge in [0, 0.05) is 11.5 Å². The fourth-order valence-corrected chi connectivity index (χ4v) is 2.18.